The van der Waals surface area contributed by atoms with Crippen molar-refractivity contribution in [1.29, 1.82) is 0 Å². The second kappa shape index (κ2) is 6.87. The van der Waals surface area contributed by atoms with Crippen molar-refractivity contribution in [1.82, 2.24) is 0 Å². The Balaban J connectivity index is 0.000000921. The zero-order valence-electron chi connectivity index (χ0n) is 10.0. The molecule has 0 heterocycles. The third kappa shape index (κ3) is 4.49. The van der Waals surface area contributed by atoms with Crippen LogP contribution in [0.1, 0.15) is 26.3 Å². The Bertz CT molecular complexity index is 321. The Morgan fingerprint density at radius 1 is 1.33 bits per heavy atom. The fourth-order valence-corrected chi connectivity index (χ4v) is 1.16. The number of methoxy groups -OCH3 is 1. The van der Waals surface area contributed by atoms with Crippen LogP contribution in [-0.4, -0.2) is 13.0 Å². The molecule has 0 atom stereocenters. The number of hydrogen-bond donors (Lipinski definition) is 1. The van der Waals surface area contributed by atoms with Crippen LogP contribution in [0.2, 0.25) is 0 Å². The quantitative estimate of drug-likeness (QED) is 0.813. The van der Waals surface area contributed by atoms with Gasteiger partial charge < -0.3 is 10.1 Å². The summed E-state index contributed by atoms with van der Waals surface area (Å²) in [5, 5.41) is 2.70. The number of ether oxygens (including phenoxy) is 1. The third-order valence-corrected chi connectivity index (χ3v) is 1.72. The number of anilines is 1. The van der Waals surface area contributed by atoms with E-state index >= 15 is 0 Å². The summed E-state index contributed by atoms with van der Waals surface area (Å²) in [7, 11) is 1.63. The SMILES string of the molecule is CC.COc1ccc(NC(C)=O)cc1C. The first-order valence-electron chi connectivity index (χ1n) is 5.05. The lowest BCUT2D eigenvalue weighted by molar-refractivity contribution is -0.114. The molecule has 1 aromatic carbocycles. The van der Waals surface area contributed by atoms with E-state index in [0.29, 0.717) is 0 Å². The van der Waals surface area contributed by atoms with E-state index in [4.69, 9.17) is 4.74 Å². The third-order valence-electron chi connectivity index (χ3n) is 1.72. The molecule has 1 aromatic rings. The summed E-state index contributed by atoms with van der Waals surface area (Å²) in [6.07, 6.45) is 0. The molecule has 0 saturated heterocycles. The molecule has 1 N–H and O–H groups in total. The van der Waals surface area contributed by atoms with Gasteiger partial charge in [0, 0.05) is 12.6 Å². The molecule has 0 aliphatic heterocycles. The van der Waals surface area contributed by atoms with Crippen molar-refractivity contribution in [2.75, 3.05) is 12.4 Å². The number of benzene rings is 1. The van der Waals surface area contributed by atoms with Gasteiger partial charge in [0.25, 0.3) is 0 Å². The van der Waals surface area contributed by atoms with Gasteiger partial charge in [0.1, 0.15) is 5.75 Å². The molecule has 0 aliphatic rings. The van der Waals surface area contributed by atoms with Gasteiger partial charge in [-0.3, -0.25) is 4.79 Å². The molecule has 84 valence electrons. The molecular formula is C12H19NO2. The summed E-state index contributed by atoms with van der Waals surface area (Å²) in [6, 6.07) is 5.52. The van der Waals surface area contributed by atoms with Gasteiger partial charge in [-0.2, -0.15) is 0 Å². The van der Waals surface area contributed by atoms with Gasteiger partial charge in [-0.15, -0.1) is 0 Å². The zero-order valence-corrected chi connectivity index (χ0v) is 10.0. The van der Waals surface area contributed by atoms with Crippen molar-refractivity contribution in [3.8, 4) is 5.75 Å². The molecule has 0 saturated carbocycles. The molecule has 15 heavy (non-hydrogen) atoms. The maximum absolute atomic E-state index is 10.7. The lowest BCUT2D eigenvalue weighted by Gasteiger charge is -2.07. The highest BCUT2D eigenvalue weighted by Crippen LogP contribution is 2.21. The first kappa shape index (κ1) is 13.5. The van der Waals surface area contributed by atoms with Crippen molar-refractivity contribution in [3.63, 3.8) is 0 Å². The van der Waals surface area contributed by atoms with Gasteiger partial charge in [0.2, 0.25) is 5.91 Å². The van der Waals surface area contributed by atoms with E-state index in [0.717, 1.165) is 17.0 Å². The van der Waals surface area contributed by atoms with Crippen LogP contribution in [0.15, 0.2) is 18.2 Å². The summed E-state index contributed by atoms with van der Waals surface area (Å²) < 4.78 is 5.09. The van der Waals surface area contributed by atoms with E-state index in [1.54, 1.807) is 7.11 Å². The Labute approximate surface area is 91.5 Å². The average Bonchev–Trinajstić information content (AvgIpc) is 2.20. The lowest BCUT2D eigenvalue weighted by atomic mass is 10.2. The number of nitrogens with one attached hydrogen (secondary N) is 1. The van der Waals surface area contributed by atoms with Crippen molar-refractivity contribution in [3.05, 3.63) is 23.8 Å². The standard InChI is InChI=1S/C10H13NO2.C2H6/c1-7-6-9(11-8(2)12)4-5-10(7)13-3;1-2/h4-6H,1-3H3,(H,11,12);1-2H3. The summed E-state index contributed by atoms with van der Waals surface area (Å²) in [5.41, 5.74) is 1.81. The second-order valence-electron chi connectivity index (χ2n) is 2.87. The van der Waals surface area contributed by atoms with E-state index in [1.807, 2.05) is 39.0 Å². The summed E-state index contributed by atoms with van der Waals surface area (Å²) >= 11 is 0. The van der Waals surface area contributed by atoms with E-state index < -0.39 is 0 Å². The van der Waals surface area contributed by atoms with Gasteiger partial charge in [-0.1, -0.05) is 13.8 Å². The largest absolute Gasteiger partial charge is 0.496 e. The predicted octanol–water partition coefficient (Wildman–Crippen LogP) is 2.99. The maximum atomic E-state index is 10.7. The smallest absolute Gasteiger partial charge is 0.221 e. The van der Waals surface area contributed by atoms with Crippen LogP contribution >= 0.6 is 0 Å². The van der Waals surface area contributed by atoms with Crippen molar-refractivity contribution >= 4 is 11.6 Å². The van der Waals surface area contributed by atoms with E-state index in [-0.39, 0.29) is 5.91 Å². The number of rotatable bonds is 2. The molecule has 3 heteroatoms. The first-order chi connectivity index (χ1) is 7.13. The van der Waals surface area contributed by atoms with Crippen molar-refractivity contribution < 1.29 is 9.53 Å². The first-order valence-corrected chi connectivity index (χ1v) is 5.05. The van der Waals surface area contributed by atoms with Crippen LogP contribution in [0.5, 0.6) is 5.75 Å². The minimum atomic E-state index is -0.0652. The molecule has 1 rings (SSSR count). The Morgan fingerprint density at radius 2 is 1.93 bits per heavy atom. The summed E-state index contributed by atoms with van der Waals surface area (Å²) in [6.45, 7) is 7.42. The molecular weight excluding hydrogens is 190 g/mol. The van der Waals surface area contributed by atoms with Crippen LogP contribution in [0.4, 0.5) is 5.69 Å². The van der Waals surface area contributed by atoms with Gasteiger partial charge in [0.15, 0.2) is 0 Å². The molecule has 1 amide bonds. The molecule has 0 fully saturated rings. The van der Waals surface area contributed by atoms with E-state index in [2.05, 4.69) is 5.32 Å². The normalized spacial score (nSPS) is 8.60. The lowest BCUT2D eigenvalue weighted by Crippen LogP contribution is -2.05. The number of hydrogen-bond acceptors (Lipinski definition) is 2. The van der Waals surface area contributed by atoms with Crippen LogP contribution in [0, 0.1) is 6.92 Å². The minimum absolute atomic E-state index is 0.0652. The van der Waals surface area contributed by atoms with E-state index in [9.17, 15) is 4.79 Å². The molecule has 0 spiro atoms. The Kier molecular flexibility index (Phi) is 6.18. The molecule has 0 aliphatic carbocycles. The maximum Gasteiger partial charge on any atom is 0.221 e. The van der Waals surface area contributed by atoms with Crippen LogP contribution in [0.25, 0.3) is 0 Å². The van der Waals surface area contributed by atoms with Gasteiger partial charge in [0.05, 0.1) is 7.11 Å². The van der Waals surface area contributed by atoms with Crippen molar-refractivity contribution in [2.45, 2.75) is 27.7 Å². The summed E-state index contributed by atoms with van der Waals surface area (Å²) in [5.74, 6) is 0.763. The number of amides is 1. The topological polar surface area (TPSA) is 38.3 Å². The Morgan fingerprint density at radius 3 is 2.33 bits per heavy atom. The molecule has 0 radical (unpaired) electrons. The van der Waals surface area contributed by atoms with Crippen LogP contribution in [0.3, 0.4) is 0 Å². The highest BCUT2D eigenvalue weighted by Gasteiger charge is 2.00. The van der Waals surface area contributed by atoms with Gasteiger partial charge in [-0.25, -0.2) is 0 Å². The van der Waals surface area contributed by atoms with Gasteiger partial charge >= 0.3 is 0 Å². The monoisotopic (exact) mass is 209 g/mol. The van der Waals surface area contributed by atoms with E-state index in [1.165, 1.54) is 6.92 Å². The minimum Gasteiger partial charge on any atom is -0.496 e. The molecule has 3 nitrogen and oxygen atoms in total. The van der Waals surface area contributed by atoms with Crippen molar-refractivity contribution in [2.24, 2.45) is 0 Å². The zero-order chi connectivity index (χ0) is 11.8. The highest BCUT2D eigenvalue weighted by atomic mass is 16.5. The van der Waals surface area contributed by atoms with Crippen LogP contribution < -0.4 is 10.1 Å². The molecule has 0 aromatic heterocycles. The predicted molar refractivity (Wildman–Crippen MR) is 63.4 cm³/mol. The fourth-order valence-electron chi connectivity index (χ4n) is 1.16. The average molecular weight is 209 g/mol. The van der Waals surface area contributed by atoms with Crippen LogP contribution in [-0.2, 0) is 4.79 Å². The Hall–Kier alpha value is -1.51. The summed E-state index contributed by atoms with van der Waals surface area (Å²) in [4.78, 5) is 10.7. The molecule has 0 unspecified atom stereocenters. The number of carbonyl (C=O) groups excluding carboxylic acids is 1. The molecule has 0 bridgehead atoms. The second-order valence-corrected chi connectivity index (χ2v) is 2.87. The number of carbonyl (C=O) groups is 1. The van der Waals surface area contributed by atoms with Gasteiger partial charge in [-0.05, 0) is 30.7 Å². The fraction of sp³-hybridized carbons (Fsp3) is 0.417. The number of aryl methyl sites for hydroxylation is 1. The highest BCUT2D eigenvalue weighted by molar-refractivity contribution is 5.88.